The zero-order chi connectivity index (χ0) is 19.1. The van der Waals surface area contributed by atoms with Crippen molar-refractivity contribution >= 4 is 23.2 Å². The average Bonchev–Trinajstić information content (AvgIpc) is 3.34. The molecule has 2 amide bonds. The van der Waals surface area contributed by atoms with Gasteiger partial charge in [-0.2, -0.15) is 0 Å². The van der Waals surface area contributed by atoms with Crippen molar-refractivity contribution in [3.8, 4) is 0 Å². The largest absolute Gasteiger partial charge is 0.333 e. The Morgan fingerprint density at radius 3 is 2.41 bits per heavy atom. The maximum absolute atomic E-state index is 13.1. The van der Waals surface area contributed by atoms with Crippen LogP contribution in [-0.2, 0) is 22.7 Å². The van der Waals surface area contributed by atoms with Gasteiger partial charge >= 0.3 is 0 Å². The number of hydrogen-bond acceptors (Lipinski definition) is 3. The molecule has 0 spiro atoms. The Hall–Kier alpha value is -2.14. The van der Waals surface area contributed by atoms with E-state index in [1.54, 1.807) is 16.2 Å². The number of thiophene rings is 1. The van der Waals surface area contributed by atoms with Gasteiger partial charge in [-0.05, 0) is 42.2 Å². The minimum Gasteiger partial charge on any atom is -0.333 e. The van der Waals surface area contributed by atoms with E-state index in [2.05, 4.69) is 6.07 Å². The molecule has 5 heteroatoms. The zero-order valence-electron chi connectivity index (χ0n) is 16.0. The van der Waals surface area contributed by atoms with Crippen LogP contribution in [0.25, 0.3) is 0 Å². The first-order valence-electron chi connectivity index (χ1n) is 9.77. The normalized spacial score (nSPS) is 13.4. The van der Waals surface area contributed by atoms with Crippen molar-refractivity contribution in [1.29, 1.82) is 0 Å². The lowest BCUT2D eigenvalue weighted by Gasteiger charge is -2.28. The summed E-state index contributed by atoms with van der Waals surface area (Å²) in [6.07, 6.45) is 3.68. The molecule has 1 aliphatic carbocycles. The van der Waals surface area contributed by atoms with Gasteiger partial charge in [-0.1, -0.05) is 43.3 Å². The number of nitrogens with zero attached hydrogens (tertiary/aromatic N) is 2. The molecule has 0 unspecified atom stereocenters. The molecule has 1 saturated carbocycles. The van der Waals surface area contributed by atoms with E-state index in [9.17, 15) is 9.59 Å². The molecule has 2 aromatic rings. The first-order chi connectivity index (χ1) is 13.2. The Kier molecular flexibility index (Phi) is 7.04. The van der Waals surface area contributed by atoms with Gasteiger partial charge in [0.2, 0.25) is 11.8 Å². The zero-order valence-corrected chi connectivity index (χ0v) is 16.8. The van der Waals surface area contributed by atoms with Crippen molar-refractivity contribution in [3.05, 3.63) is 58.3 Å². The summed E-state index contributed by atoms with van der Waals surface area (Å²) in [7, 11) is 0. The summed E-state index contributed by atoms with van der Waals surface area (Å²) in [6, 6.07) is 14.1. The SMILES string of the molecule is CCCC(=O)N(CC(=O)N(Cc1ccccc1)Cc1cccs1)CC1CC1. The lowest BCUT2D eigenvalue weighted by Crippen LogP contribution is -2.43. The molecule has 0 radical (unpaired) electrons. The van der Waals surface area contributed by atoms with Gasteiger partial charge in [0.05, 0.1) is 13.1 Å². The topological polar surface area (TPSA) is 40.6 Å². The monoisotopic (exact) mass is 384 g/mol. The van der Waals surface area contributed by atoms with Crippen LogP contribution < -0.4 is 0 Å². The fraction of sp³-hybridized carbons (Fsp3) is 0.455. The molecule has 0 bridgehead atoms. The van der Waals surface area contributed by atoms with E-state index in [1.807, 2.05) is 53.6 Å². The summed E-state index contributed by atoms with van der Waals surface area (Å²) in [4.78, 5) is 30.5. The van der Waals surface area contributed by atoms with Gasteiger partial charge in [-0.25, -0.2) is 0 Å². The third kappa shape index (κ3) is 6.21. The highest BCUT2D eigenvalue weighted by Gasteiger charge is 2.28. The van der Waals surface area contributed by atoms with Crippen LogP contribution >= 0.6 is 11.3 Å². The van der Waals surface area contributed by atoms with E-state index >= 15 is 0 Å². The highest BCUT2D eigenvalue weighted by Crippen LogP contribution is 2.30. The first kappa shape index (κ1) is 19.6. The highest BCUT2D eigenvalue weighted by atomic mass is 32.1. The van der Waals surface area contributed by atoms with Crippen LogP contribution in [0.5, 0.6) is 0 Å². The predicted octanol–water partition coefficient (Wildman–Crippen LogP) is 4.32. The molecular weight excluding hydrogens is 356 g/mol. The van der Waals surface area contributed by atoms with Crippen LogP contribution in [0.2, 0.25) is 0 Å². The van der Waals surface area contributed by atoms with Gasteiger partial charge in [-0.3, -0.25) is 9.59 Å². The van der Waals surface area contributed by atoms with Crippen molar-refractivity contribution in [2.45, 2.75) is 45.7 Å². The molecule has 0 atom stereocenters. The van der Waals surface area contributed by atoms with E-state index in [0.29, 0.717) is 25.4 Å². The molecule has 3 rings (SSSR count). The molecule has 1 aliphatic rings. The Balaban J connectivity index is 1.70. The van der Waals surface area contributed by atoms with Gasteiger partial charge in [0, 0.05) is 24.4 Å². The average molecular weight is 385 g/mol. The molecule has 0 N–H and O–H groups in total. The van der Waals surface area contributed by atoms with Crippen molar-refractivity contribution in [1.82, 2.24) is 9.80 Å². The van der Waals surface area contributed by atoms with Gasteiger partial charge in [0.25, 0.3) is 0 Å². The molecule has 144 valence electrons. The van der Waals surface area contributed by atoms with Crippen molar-refractivity contribution < 1.29 is 9.59 Å². The van der Waals surface area contributed by atoms with Crippen LogP contribution in [0.4, 0.5) is 0 Å². The number of rotatable bonds is 10. The quantitative estimate of drug-likeness (QED) is 0.612. The number of carbonyl (C=O) groups is 2. The molecule has 4 nitrogen and oxygen atoms in total. The van der Waals surface area contributed by atoms with Crippen LogP contribution in [-0.4, -0.2) is 34.7 Å². The molecule has 0 aliphatic heterocycles. The van der Waals surface area contributed by atoms with E-state index in [1.165, 1.54) is 12.8 Å². The molecule has 27 heavy (non-hydrogen) atoms. The molecule has 1 fully saturated rings. The van der Waals surface area contributed by atoms with Gasteiger partial charge < -0.3 is 9.80 Å². The number of hydrogen-bond donors (Lipinski definition) is 0. The Morgan fingerprint density at radius 1 is 1.00 bits per heavy atom. The molecular formula is C22H28N2O2S. The predicted molar refractivity (Wildman–Crippen MR) is 109 cm³/mol. The second-order valence-corrected chi connectivity index (χ2v) is 8.31. The second-order valence-electron chi connectivity index (χ2n) is 7.28. The van der Waals surface area contributed by atoms with Crippen LogP contribution in [0.1, 0.15) is 43.0 Å². The van der Waals surface area contributed by atoms with E-state index < -0.39 is 0 Å². The highest BCUT2D eigenvalue weighted by molar-refractivity contribution is 7.09. The van der Waals surface area contributed by atoms with Crippen LogP contribution in [0.3, 0.4) is 0 Å². The molecule has 1 aromatic heterocycles. The van der Waals surface area contributed by atoms with E-state index in [4.69, 9.17) is 0 Å². The standard InChI is InChI=1S/C22H28N2O2S/c1-2-7-21(25)24(15-19-11-12-19)17-22(26)23(16-20-10-6-13-27-20)14-18-8-4-3-5-9-18/h3-6,8-10,13,19H,2,7,11-12,14-17H2,1H3. The lowest BCUT2D eigenvalue weighted by molar-refractivity contribution is -0.141. The maximum atomic E-state index is 13.1. The van der Waals surface area contributed by atoms with Gasteiger partial charge in [-0.15, -0.1) is 11.3 Å². The summed E-state index contributed by atoms with van der Waals surface area (Å²) < 4.78 is 0. The second kappa shape index (κ2) is 9.70. The number of benzene rings is 1. The maximum Gasteiger partial charge on any atom is 0.242 e. The lowest BCUT2D eigenvalue weighted by atomic mass is 10.2. The van der Waals surface area contributed by atoms with Crippen LogP contribution in [0, 0.1) is 5.92 Å². The third-order valence-corrected chi connectivity index (χ3v) is 5.68. The summed E-state index contributed by atoms with van der Waals surface area (Å²) in [6.45, 7) is 4.07. The summed E-state index contributed by atoms with van der Waals surface area (Å²) >= 11 is 1.66. The first-order valence-corrected chi connectivity index (χ1v) is 10.7. The third-order valence-electron chi connectivity index (χ3n) is 4.81. The fourth-order valence-corrected chi connectivity index (χ4v) is 3.85. The van der Waals surface area contributed by atoms with Gasteiger partial charge in [0.15, 0.2) is 0 Å². The van der Waals surface area contributed by atoms with Crippen LogP contribution in [0.15, 0.2) is 47.8 Å². The van der Waals surface area contributed by atoms with E-state index in [-0.39, 0.29) is 18.4 Å². The van der Waals surface area contributed by atoms with Crippen molar-refractivity contribution in [2.75, 3.05) is 13.1 Å². The smallest absolute Gasteiger partial charge is 0.242 e. The molecule has 1 aromatic carbocycles. The summed E-state index contributed by atoms with van der Waals surface area (Å²) in [5.41, 5.74) is 1.11. The molecule has 0 saturated heterocycles. The number of carbonyl (C=O) groups excluding carboxylic acids is 2. The minimum atomic E-state index is 0.0253. The van der Waals surface area contributed by atoms with Crippen molar-refractivity contribution in [2.24, 2.45) is 5.92 Å². The van der Waals surface area contributed by atoms with Gasteiger partial charge in [0.1, 0.15) is 0 Å². The van der Waals surface area contributed by atoms with Crippen molar-refractivity contribution in [3.63, 3.8) is 0 Å². The Morgan fingerprint density at radius 2 is 1.78 bits per heavy atom. The molecule has 1 heterocycles. The summed E-state index contributed by atoms with van der Waals surface area (Å²) in [5.74, 6) is 0.712. The minimum absolute atomic E-state index is 0.0253. The Bertz CT molecular complexity index is 726. The number of amides is 2. The fourth-order valence-electron chi connectivity index (χ4n) is 3.13. The Labute approximate surface area is 165 Å². The summed E-state index contributed by atoms with van der Waals surface area (Å²) in [5, 5.41) is 2.03. The van der Waals surface area contributed by atoms with E-state index in [0.717, 1.165) is 23.4 Å².